The van der Waals surface area contributed by atoms with Gasteiger partial charge in [-0.15, -0.1) is 0 Å². The molecule has 1 heterocycles. The molecule has 0 radical (unpaired) electrons. The average Bonchev–Trinajstić information content (AvgIpc) is 2.43. The Bertz CT molecular complexity index is 740. The maximum absolute atomic E-state index is 14.1. The number of amides is 1. The lowest BCUT2D eigenvalue weighted by Crippen LogP contribution is -2.24. The Morgan fingerprint density at radius 3 is 2.57 bits per heavy atom. The number of aryl methyl sites for hydroxylation is 2. The van der Waals surface area contributed by atoms with Crippen LogP contribution in [0.5, 0.6) is 0 Å². The molecule has 0 fully saturated rings. The summed E-state index contributed by atoms with van der Waals surface area (Å²) in [7, 11) is 0. The molecule has 1 N–H and O–H groups in total. The summed E-state index contributed by atoms with van der Waals surface area (Å²) >= 11 is 0. The molecule has 2 aromatic rings. The van der Waals surface area contributed by atoms with Gasteiger partial charge in [-0.25, -0.2) is 8.78 Å². The Kier molecular flexibility index (Phi) is 3.24. The molecule has 0 saturated carbocycles. The van der Waals surface area contributed by atoms with Gasteiger partial charge in [0.15, 0.2) is 11.6 Å². The molecule has 0 saturated heterocycles. The standard InChI is InChI=1S/C17H15F2NO/c1-9-6-13-12(11-4-3-5-14(18)17(11)19)8-16(21)20-15(13)7-10(9)2/h3-7,12H,8H2,1-2H3,(H,20,21)/t12-/m0/s1. The zero-order chi connectivity index (χ0) is 15.1. The number of fused-ring (bicyclic) bond motifs is 1. The monoisotopic (exact) mass is 287 g/mol. The van der Waals surface area contributed by atoms with Gasteiger partial charge in [0.2, 0.25) is 5.91 Å². The fourth-order valence-electron chi connectivity index (χ4n) is 2.80. The van der Waals surface area contributed by atoms with Crippen molar-refractivity contribution < 1.29 is 13.6 Å². The first kappa shape index (κ1) is 13.7. The summed E-state index contributed by atoms with van der Waals surface area (Å²) in [5, 5.41) is 2.81. The van der Waals surface area contributed by atoms with Crippen LogP contribution in [-0.4, -0.2) is 5.91 Å². The van der Waals surface area contributed by atoms with Gasteiger partial charge in [0.25, 0.3) is 0 Å². The smallest absolute Gasteiger partial charge is 0.225 e. The minimum absolute atomic E-state index is 0.121. The molecule has 1 aliphatic rings. The second-order valence-electron chi connectivity index (χ2n) is 5.47. The number of hydrogen-bond donors (Lipinski definition) is 1. The lowest BCUT2D eigenvalue weighted by Gasteiger charge is -2.27. The van der Waals surface area contributed by atoms with E-state index in [0.717, 1.165) is 22.8 Å². The van der Waals surface area contributed by atoms with E-state index in [0.29, 0.717) is 5.69 Å². The van der Waals surface area contributed by atoms with E-state index in [1.54, 1.807) is 6.07 Å². The Hall–Kier alpha value is -2.23. The van der Waals surface area contributed by atoms with E-state index < -0.39 is 17.6 Å². The third kappa shape index (κ3) is 2.31. The summed E-state index contributed by atoms with van der Waals surface area (Å²) in [4.78, 5) is 11.9. The largest absolute Gasteiger partial charge is 0.326 e. The molecule has 0 bridgehead atoms. The average molecular weight is 287 g/mol. The summed E-state index contributed by atoms with van der Waals surface area (Å²) in [6.45, 7) is 3.92. The Morgan fingerprint density at radius 2 is 1.81 bits per heavy atom. The summed E-state index contributed by atoms with van der Waals surface area (Å²) in [6.07, 6.45) is 0.121. The van der Waals surface area contributed by atoms with Crippen molar-refractivity contribution in [3.05, 3.63) is 64.2 Å². The molecule has 4 heteroatoms. The van der Waals surface area contributed by atoms with Crippen LogP contribution in [0.15, 0.2) is 30.3 Å². The van der Waals surface area contributed by atoms with Gasteiger partial charge in [0.1, 0.15) is 0 Å². The minimum Gasteiger partial charge on any atom is -0.326 e. The first-order valence-electron chi connectivity index (χ1n) is 6.82. The lowest BCUT2D eigenvalue weighted by atomic mass is 9.83. The minimum atomic E-state index is -0.885. The first-order chi connectivity index (χ1) is 9.97. The number of anilines is 1. The fraction of sp³-hybridized carbons (Fsp3) is 0.235. The highest BCUT2D eigenvalue weighted by atomic mass is 19.2. The Labute approximate surface area is 121 Å². The summed E-state index contributed by atoms with van der Waals surface area (Å²) in [6, 6.07) is 7.93. The van der Waals surface area contributed by atoms with E-state index in [1.165, 1.54) is 6.07 Å². The highest BCUT2D eigenvalue weighted by Crippen LogP contribution is 2.39. The van der Waals surface area contributed by atoms with Crippen molar-refractivity contribution in [1.29, 1.82) is 0 Å². The second kappa shape index (κ2) is 4.95. The molecule has 1 atom stereocenters. The SMILES string of the molecule is Cc1cc2c(cc1C)[C@H](c1cccc(F)c1F)CC(=O)N2. The number of rotatable bonds is 1. The van der Waals surface area contributed by atoms with Crippen molar-refractivity contribution in [2.45, 2.75) is 26.2 Å². The molecule has 2 aromatic carbocycles. The zero-order valence-corrected chi connectivity index (χ0v) is 11.8. The highest BCUT2D eigenvalue weighted by Gasteiger charge is 2.29. The van der Waals surface area contributed by atoms with Crippen LogP contribution in [0.2, 0.25) is 0 Å². The van der Waals surface area contributed by atoms with Crippen molar-refractivity contribution in [2.75, 3.05) is 5.32 Å². The van der Waals surface area contributed by atoms with Crippen LogP contribution in [0.25, 0.3) is 0 Å². The van der Waals surface area contributed by atoms with Crippen molar-refractivity contribution in [1.82, 2.24) is 0 Å². The number of benzene rings is 2. The maximum Gasteiger partial charge on any atom is 0.225 e. The molecule has 0 spiro atoms. The van der Waals surface area contributed by atoms with Gasteiger partial charge in [-0.05, 0) is 48.2 Å². The van der Waals surface area contributed by atoms with Crippen LogP contribution in [-0.2, 0) is 4.79 Å². The van der Waals surface area contributed by atoms with E-state index in [9.17, 15) is 13.6 Å². The number of halogens is 2. The van der Waals surface area contributed by atoms with Crippen LogP contribution >= 0.6 is 0 Å². The van der Waals surface area contributed by atoms with Crippen molar-refractivity contribution in [3.63, 3.8) is 0 Å². The fourth-order valence-corrected chi connectivity index (χ4v) is 2.80. The van der Waals surface area contributed by atoms with Crippen LogP contribution < -0.4 is 5.32 Å². The number of hydrogen-bond acceptors (Lipinski definition) is 1. The Balaban J connectivity index is 2.19. The van der Waals surface area contributed by atoms with E-state index in [1.807, 2.05) is 26.0 Å². The highest BCUT2D eigenvalue weighted by molar-refractivity contribution is 5.95. The van der Waals surface area contributed by atoms with E-state index in [4.69, 9.17) is 0 Å². The van der Waals surface area contributed by atoms with Gasteiger partial charge in [0, 0.05) is 18.0 Å². The molecule has 1 aliphatic heterocycles. The van der Waals surface area contributed by atoms with Gasteiger partial charge in [0.05, 0.1) is 0 Å². The molecule has 0 aromatic heterocycles. The summed E-state index contributed by atoms with van der Waals surface area (Å²) in [5.41, 5.74) is 3.86. The van der Waals surface area contributed by atoms with Crippen LogP contribution in [0.4, 0.5) is 14.5 Å². The third-order valence-corrected chi connectivity index (χ3v) is 4.06. The topological polar surface area (TPSA) is 29.1 Å². The molecule has 1 amide bonds. The summed E-state index contributed by atoms with van der Waals surface area (Å²) < 4.78 is 27.6. The van der Waals surface area contributed by atoms with Crippen LogP contribution in [0.1, 0.15) is 34.6 Å². The van der Waals surface area contributed by atoms with E-state index >= 15 is 0 Å². The molecule has 0 unspecified atom stereocenters. The van der Waals surface area contributed by atoms with Gasteiger partial charge < -0.3 is 5.32 Å². The predicted octanol–water partition coefficient (Wildman–Crippen LogP) is 4.06. The van der Waals surface area contributed by atoms with Gasteiger partial charge in [-0.1, -0.05) is 18.2 Å². The van der Waals surface area contributed by atoms with Crippen LogP contribution in [0.3, 0.4) is 0 Å². The van der Waals surface area contributed by atoms with Crippen molar-refractivity contribution in [3.8, 4) is 0 Å². The number of carbonyl (C=O) groups excluding carboxylic acids is 1. The Morgan fingerprint density at radius 1 is 1.10 bits per heavy atom. The third-order valence-electron chi connectivity index (χ3n) is 4.06. The molecular formula is C17H15F2NO. The normalized spacial score (nSPS) is 17.3. The molecule has 3 rings (SSSR count). The van der Waals surface area contributed by atoms with Gasteiger partial charge in [-0.3, -0.25) is 4.79 Å². The molecular weight excluding hydrogens is 272 g/mol. The van der Waals surface area contributed by atoms with Crippen LogP contribution in [0, 0.1) is 25.5 Å². The van der Waals surface area contributed by atoms with Gasteiger partial charge in [-0.2, -0.15) is 0 Å². The molecule has 108 valence electrons. The number of carbonyl (C=O) groups is 1. The maximum atomic E-state index is 14.1. The lowest BCUT2D eigenvalue weighted by molar-refractivity contribution is -0.116. The quantitative estimate of drug-likeness (QED) is 0.842. The zero-order valence-electron chi connectivity index (χ0n) is 11.8. The first-order valence-corrected chi connectivity index (χ1v) is 6.82. The summed E-state index contributed by atoms with van der Waals surface area (Å²) in [5.74, 6) is -2.39. The second-order valence-corrected chi connectivity index (χ2v) is 5.47. The van der Waals surface area contributed by atoms with Crippen molar-refractivity contribution in [2.24, 2.45) is 0 Å². The van der Waals surface area contributed by atoms with E-state index in [2.05, 4.69) is 5.32 Å². The molecule has 2 nitrogen and oxygen atoms in total. The van der Waals surface area contributed by atoms with Crippen molar-refractivity contribution >= 4 is 11.6 Å². The molecule has 0 aliphatic carbocycles. The predicted molar refractivity (Wildman–Crippen MR) is 77.4 cm³/mol. The number of nitrogens with one attached hydrogen (secondary N) is 1. The molecule has 21 heavy (non-hydrogen) atoms. The van der Waals surface area contributed by atoms with Gasteiger partial charge >= 0.3 is 0 Å². The van der Waals surface area contributed by atoms with E-state index in [-0.39, 0.29) is 17.9 Å².